The number of aromatic nitrogens is 3. The lowest BCUT2D eigenvalue weighted by atomic mass is 10.2. The van der Waals surface area contributed by atoms with Crippen LogP contribution in [0.2, 0.25) is 0 Å². The molecule has 28 heavy (non-hydrogen) atoms. The molecule has 2 heterocycles. The maximum Gasteiger partial charge on any atom is 0.319 e. The van der Waals surface area contributed by atoms with Gasteiger partial charge in [-0.1, -0.05) is 23.9 Å². The fraction of sp³-hybridized carbons (Fsp3) is 0.350. The van der Waals surface area contributed by atoms with Crippen LogP contribution < -0.4 is 5.32 Å². The summed E-state index contributed by atoms with van der Waals surface area (Å²) >= 11 is 3.42. The van der Waals surface area contributed by atoms with Gasteiger partial charge in [0.2, 0.25) is 0 Å². The number of H-pyrrole nitrogens is 1. The molecule has 6 nitrogen and oxygen atoms in total. The number of fused-ring (bicyclic) bond motifs is 1. The Labute approximate surface area is 173 Å². The number of hydrogen-bond acceptors (Lipinski definition) is 7. The van der Waals surface area contributed by atoms with Crippen molar-refractivity contribution in [3.05, 3.63) is 47.8 Å². The van der Waals surface area contributed by atoms with Gasteiger partial charge in [0.25, 0.3) is 0 Å². The molecule has 0 saturated heterocycles. The van der Waals surface area contributed by atoms with Gasteiger partial charge in [0.1, 0.15) is 0 Å². The van der Waals surface area contributed by atoms with Crippen LogP contribution in [0.15, 0.2) is 46.6 Å². The smallest absolute Gasteiger partial charge is 0.319 e. The van der Waals surface area contributed by atoms with Crippen LogP contribution in [0.3, 0.4) is 0 Å². The molecule has 3 rings (SSSR count). The maximum atomic E-state index is 11.3. The molecule has 0 bridgehead atoms. The predicted octanol–water partition coefficient (Wildman–Crippen LogP) is 3.80. The molecule has 2 N–H and O–H groups in total. The summed E-state index contributed by atoms with van der Waals surface area (Å²) in [5, 5.41) is 4.01. The zero-order chi connectivity index (χ0) is 19.8. The van der Waals surface area contributed by atoms with Crippen molar-refractivity contribution in [2.24, 2.45) is 0 Å². The number of nitrogens with zero attached hydrogens (tertiary/aromatic N) is 2. The van der Waals surface area contributed by atoms with E-state index in [-0.39, 0.29) is 12.5 Å². The van der Waals surface area contributed by atoms with Crippen LogP contribution >= 0.6 is 23.5 Å². The summed E-state index contributed by atoms with van der Waals surface area (Å²) in [6.45, 7) is 5.33. The highest BCUT2D eigenvalue weighted by Gasteiger charge is 2.09. The van der Waals surface area contributed by atoms with Crippen LogP contribution in [0.25, 0.3) is 11.0 Å². The van der Waals surface area contributed by atoms with Gasteiger partial charge in [0.15, 0.2) is 5.16 Å². The number of thioether (sulfide) groups is 2. The summed E-state index contributed by atoms with van der Waals surface area (Å²) in [5.74, 6) is 1.43. The van der Waals surface area contributed by atoms with Crippen molar-refractivity contribution < 1.29 is 9.53 Å². The van der Waals surface area contributed by atoms with E-state index in [4.69, 9.17) is 4.74 Å². The molecule has 0 spiro atoms. The fourth-order valence-corrected chi connectivity index (χ4v) is 4.50. The Morgan fingerprint density at radius 1 is 1.25 bits per heavy atom. The first kappa shape index (κ1) is 20.7. The molecule has 0 unspecified atom stereocenters. The first-order chi connectivity index (χ1) is 13.7. The normalized spacial score (nSPS) is 11.1. The van der Waals surface area contributed by atoms with E-state index in [9.17, 15) is 4.79 Å². The van der Waals surface area contributed by atoms with Crippen LogP contribution in [-0.2, 0) is 15.3 Å². The van der Waals surface area contributed by atoms with Crippen molar-refractivity contribution in [3.63, 3.8) is 0 Å². The average Bonchev–Trinajstić information content (AvgIpc) is 3.11. The number of ether oxygens (including phenoxy) is 1. The van der Waals surface area contributed by atoms with Gasteiger partial charge in [-0.2, -0.15) is 0 Å². The molecule has 2 aromatic heterocycles. The molecule has 0 aliphatic heterocycles. The van der Waals surface area contributed by atoms with Gasteiger partial charge < -0.3 is 15.0 Å². The van der Waals surface area contributed by atoms with Crippen molar-refractivity contribution in [2.75, 3.05) is 25.4 Å². The molecule has 0 fully saturated rings. The first-order valence-corrected chi connectivity index (χ1v) is 11.2. The molecule has 0 atom stereocenters. The van der Waals surface area contributed by atoms with E-state index in [2.05, 4.69) is 27.2 Å². The third kappa shape index (κ3) is 5.73. The van der Waals surface area contributed by atoms with E-state index < -0.39 is 0 Å². The number of nitrogens with one attached hydrogen (secondary N) is 2. The van der Waals surface area contributed by atoms with Gasteiger partial charge in [-0.05, 0) is 37.6 Å². The Bertz CT molecular complexity index is 896. The topological polar surface area (TPSA) is 79.9 Å². The third-order valence-electron chi connectivity index (χ3n) is 4.08. The SMILES string of the molecule is CCOC(=O)CNCCSc1ccnc(CSc2nc3ccccc3[nH]2)c1C. The van der Waals surface area contributed by atoms with Crippen LogP contribution in [0.4, 0.5) is 0 Å². The maximum absolute atomic E-state index is 11.3. The Hall–Kier alpha value is -2.03. The molecule has 148 valence electrons. The predicted molar refractivity (Wildman–Crippen MR) is 115 cm³/mol. The summed E-state index contributed by atoms with van der Waals surface area (Å²) < 4.78 is 4.90. The van der Waals surface area contributed by atoms with Crippen molar-refractivity contribution in [3.8, 4) is 0 Å². The Balaban J connectivity index is 1.50. The van der Waals surface area contributed by atoms with Gasteiger partial charge >= 0.3 is 5.97 Å². The number of esters is 1. The summed E-state index contributed by atoms with van der Waals surface area (Å²) in [4.78, 5) is 25.0. The lowest BCUT2D eigenvalue weighted by Crippen LogP contribution is -2.26. The minimum atomic E-state index is -0.211. The quantitative estimate of drug-likeness (QED) is 0.296. The molecule has 8 heteroatoms. The Morgan fingerprint density at radius 2 is 2.11 bits per heavy atom. The number of aromatic amines is 1. The van der Waals surface area contributed by atoms with Gasteiger partial charge in [0.05, 0.1) is 29.9 Å². The molecule has 0 amide bonds. The van der Waals surface area contributed by atoms with Gasteiger partial charge in [0, 0.05) is 29.1 Å². The fourth-order valence-electron chi connectivity index (χ4n) is 2.63. The highest BCUT2D eigenvalue weighted by molar-refractivity contribution is 7.99. The lowest BCUT2D eigenvalue weighted by molar-refractivity contribution is -0.141. The van der Waals surface area contributed by atoms with E-state index in [1.807, 2.05) is 43.5 Å². The van der Waals surface area contributed by atoms with Crippen molar-refractivity contribution in [2.45, 2.75) is 29.7 Å². The highest BCUT2D eigenvalue weighted by atomic mass is 32.2. The molecule has 0 saturated carbocycles. The van der Waals surface area contributed by atoms with Crippen molar-refractivity contribution >= 4 is 40.5 Å². The Kier molecular flexibility index (Phi) is 7.76. The molecular formula is C20H24N4O2S2. The monoisotopic (exact) mass is 416 g/mol. The zero-order valence-electron chi connectivity index (χ0n) is 16.0. The van der Waals surface area contributed by atoms with Crippen LogP contribution in [0.1, 0.15) is 18.2 Å². The minimum absolute atomic E-state index is 0.211. The second-order valence-electron chi connectivity index (χ2n) is 6.06. The average molecular weight is 417 g/mol. The third-order valence-corrected chi connectivity index (χ3v) is 6.13. The largest absolute Gasteiger partial charge is 0.465 e. The number of benzene rings is 1. The molecule has 0 aliphatic carbocycles. The molecule has 0 radical (unpaired) electrons. The van der Waals surface area contributed by atoms with Crippen molar-refractivity contribution in [1.29, 1.82) is 0 Å². The molecule has 3 aromatic rings. The van der Waals surface area contributed by atoms with Crippen molar-refractivity contribution in [1.82, 2.24) is 20.3 Å². The lowest BCUT2D eigenvalue weighted by Gasteiger charge is -2.10. The summed E-state index contributed by atoms with van der Waals surface area (Å²) in [5.41, 5.74) is 4.29. The number of hydrogen-bond donors (Lipinski definition) is 2. The van der Waals surface area contributed by atoms with Crippen LogP contribution in [0, 0.1) is 6.92 Å². The molecule has 1 aromatic carbocycles. The minimum Gasteiger partial charge on any atom is -0.465 e. The standard InChI is InChI=1S/C20H24N4O2S2/c1-3-26-19(25)12-21-10-11-27-18-8-9-22-17(14(18)2)13-28-20-23-15-6-4-5-7-16(15)24-20/h4-9,21H,3,10-13H2,1-2H3,(H,23,24). The first-order valence-electron chi connectivity index (χ1n) is 9.18. The van der Waals surface area contributed by atoms with E-state index in [0.717, 1.165) is 39.9 Å². The van der Waals surface area contributed by atoms with Crippen LogP contribution in [0.5, 0.6) is 0 Å². The number of imidazole rings is 1. The van der Waals surface area contributed by atoms with Gasteiger partial charge in [-0.3, -0.25) is 9.78 Å². The number of carbonyl (C=O) groups is 1. The van der Waals surface area contributed by atoms with Crippen LogP contribution in [-0.4, -0.2) is 46.4 Å². The highest BCUT2D eigenvalue weighted by Crippen LogP contribution is 2.28. The number of pyridine rings is 1. The number of para-hydroxylation sites is 2. The Morgan fingerprint density at radius 3 is 2.93 bits per heavy atom. The van der Waals surface area contributed by atoms with E-state index in [1.165, 1.54) is 10.5 Å². The number of rotatable bonds is 10. The molecular weight excluding hydrogens is 392 g/mol. The summed E-state index contributed by atoms with van der Waals surface area (Å²) in [6.07, 6.45) is 1.86. The number of carbonyl (C=O) groups excluding carboxylic acids is 1. The second kappa shape index (κ2) is 10.5. The van der Waals surface area contributed by atoms with Gasteiger partial charge in [-0.15, -0.1) is 11.8 Å². The summed E-state index contributed by atoms with van der Waals surface area (Å²) in [6, 6.07) is 10.1. The summed E-state index contributed by atoms with van der Waals surface area (Å²) in [7, 11) is 0. The van der Waals surface area contributed by atoms with E-state index >= 15 is 0 Å². The second-order valence-corrected chi connectivity index (χ2v) is 8.16. The van der Waals surface area contributed by atoms with Gasteiger partial charge in [-0.25, -0.2) is 4.98 Å². The van der Waals surface area contributed by atoms with E-state index in [0.29, 0.717) is 6.61 Å². The zero-order valence-corrected chi connectivity index (χ0v) is 17.7. The van der Waals surface area contributed by atoms with E-state index in [1.54, 1.807) is 23.5 Å². The molecule has 0 aliphatic rings.